The number of hydrogen-bond donors (Lipinski definition) is 1. The third kappa shape index (κ3) is 2.77. The number of carbonyl (C=O) groups is 1. The first-order chi connectivity index (χ1) is 11.2. The average Bonchev–Trinajstić information content (AvgIpc) is 3.38. The van der Waals surface area contributed by atoms with Crippen LogP contribution in [0.5, 0.6) is 0 Å². The Kier molecular flexibility index (Phi) is 3.26. The van der Waals surface area contributed by atoms with Crippen molar-refractivity contribution >= 4 is 22.6 Å². The molecular formula is C18H16N4O. The van der Waals surface area contributed by atoms with Crippen LogP contribution in [0.3, 0.4) is 0 Å². The average molecular weight is 304 g/mol. The second kappa shape index (κ2) is 5.43. The summed E-state index contributed by atoms with van der Waals surface area (Å²) in [6.45, 7) is 1.92. The lowest BCUT2D eigenvalue weighted by molar-refractivity contribution is 0.102. The van der Waals surface area contributed by atoms with Gasteiger partial charge in [-0.25, -0.2) is 9.97 Å². The summed E-state index contributed by atoms with van der Waals surface area (Å²) in [7, 11) is 0. The van der Waals surface area contributed by atoms with E-state index in [0.717, 1.165) is 35.3 Å². The van der Waals surface area contributed by atoms with Crippen molar-refractivity contribution in [1.82, 2.24) is 15.0 Å². The fraction of sp³-hybridized carbons (Fsp3) is 0.222. The van der Waals surface area contributed by atoms with Crippen LogP contribution in [-0.2, 0) is 0 Å². The number of nitrogens with one attached hydrogen (secondary N) is 1. The maximum atomic E-state index is 12.6. The Morgan fingerprint density at radius 1 is 1.17 bits per heavy atom. The number of anilines is 1. The minimum atomic E-state index is -0.177. The Labute approximate surface area is 133 Å². The number of nitrogens with zero attached hydrogens (tertiary/aromatic N) is 3. The van der Waals surface area contributed by atoms with Crippen molar-refractivity contribution in [3.05, 3.63) is 59.7 Å². The monoisotopic (exact) mass is 304 g/mol. The summed E-state index contributed by atoms with van der Waals surface area (Å²) in [5.41, 5.74) is 2.27. The Bertz CT molecular complexity index is 897. The van der Waals surface area contributed by atoms with E-state index in [1.165, 1.54) is 0 Å². The SMILES string of the molecule is Cc1cc(NC(=O)c2cccc3ncccc23)nc(C2CC2)n1. The maximum Gasteiger partial charge on any atom is 0.257 e. The fourth-order valence-electron chi connectivity index (χ4n) is 2.66. The zero-order valence-corrected chi connectivity index (χ0v) is 12.8. The smallest absolute Gasteiger partial charge is 0.257 e. The van der Waals surface area contributed by atoms with E-state index in [-0.39, 0.29) is 5.91 Å². The molecule has 0 bridgehead atoms. The van der Waals surface area contributed by atoms with Gasteiger partial charge < -0.3 is 5.32 Å². The van der Waals surface area contributed by atoms with E-state index in [1.807, 2.05) is 31.2 Å². The second-order valence-electron chi connectivity index (χ2n) is 5.86. The van der Waals surface area contributed by atoms with Crippen molar-refractivity contribution in [2.75, 3.05) is 5.32 Å². The van der Waals surface area contributed by atoms with Gasteiger partial charge in [0.05, 0.1) is 5.52 Å². The van der Waals surface area contributed by atoms with Gasteiger partial charge in [-0.3, -0.25) is 9.78 Å². The number of rotatable bonds is 3. The molecule has 114 valence electrons. The fourth-order valence-corrected chi connectivity index (χ4v) is 2.66. The van der Waals surface area contributed by atoms with E-state index in [9.17, 15) is 4.79 Å². The number of carbonyl (C=O) groups excluding carboxylic acids is 1. The molecule has 1 N–H and O–H groups in total. The summed E-state index contributed by atoms with van der Waals surface area (Å²) in [5.74, 6) is 1.67. The van der Waals surface area contributed by atoms with Gasteiger partial charge in [0.2, 0.25) is 0 Å². The van der Waals surface area contributed by atoms with Gasteiger partial charge in [-0.15, -0.1) is 0 Å². The van der Waals surface area contributed by atoms with Crippen molar-refractivity contribution in [3.8, 4) is 0 Å². The van der Waals surface area contributed by atoms with E-state index >= 15 is 0 Å². The number of fused-ring (bicyclic) bond motifs is 1. The highest BCUT2D eigenvalue weighted by Crippen LogP contribution is 2.38. The van der Waals surface area contributed by atoms with Gasteiger partial charge in [-0.05, 0) is 38.0 Å². The summed E-state index contributed by atoms with van der Waals surface area (Å²) >= 11 is 0. The molecule has 23 heavy (non-hydrogen) atoms. The Morgan fingerprint density at radius 2 is 2.04 bits per heavy atom. The van der Waals surface area contributed by atoms with Crippen molar-refractivity contribution in [1.29, 1.82) is 0 Å². The maximum absolute atomic E-state index is 12.6. The van der Waals surface area contributed by atoms with Crippen LogP contribution in [0.15, 0.2) is 42.6 Å². The molecule has 1 fully saturated rings. The zero-order valence-electron chi connectivity index (χ0n) is 12.8. The molecule has 1 aliphatic carbocycles. The second-order valence-corrected chi connectivity index (χ2v) is 5.86. The van der Waals surface area contributed by atoms with Crippen LogP contribution in [-0.4, -0.2) is 20.9 Å². The van der Waals surface area contributed by atoms with Gasteiger partial charge >= 0.3 is 0 Å². The van der Waals surface area contributed by atoms with Crippen LogP contribution in [0.2, 0.25) is 0 Å². The summed E-state index contributed by atoms with van der Waals surface area (Å²) < 4.78 is 0. The molecule has 0 unspecified atom stereocenters. The third-order valence-electron chi connectivity index (χ3n) is 3.95. The minimum absolute atomic E-state index is 0.177. The van der Waals surface area contributed by atoms with Crippen LogP contribution >= 0.6 is 0 Å². The molecule has 4 rings (SSSR count). The van der Waals surface area contributed by atoms with E-state index in [0.29, 0.717) is 17.3 Å². The van der Waals surface area contributed by atoms with Crippen molar-refractivity contribution in [3.63, 3.8) is 0 Å². The molecule has 2 aromatic heterocycles. The van der Waals surface area contributed by atoms with Gasteiger partial charge in [-0.1, -0.05) is 12.1 Å². The first kappa shape index (κ1) is 13.8. The highest BCUT2D eigenvalue weighted by Gasteiger charge is 2.27. The number of aryl methyl sites for hydroxylation is 1. The minimum Gasteiger partial charge on any atom is -0.306 e. The van der Waals surface area contributed by atoms with Crippen molar-refractivity contribution < 1.29 is 4.79 Å². The number of amides is 1. The van der Waals surface area contributed by atoms with Gasteiger partial charge in [0.25, 0.3) is 5.91 Å². The standard InChI is InChI=1S/C18H16N4O/c1-11-10-16(21-17(20-11)12-7-8-12)22-18(23)14-4-2-6-15-13(14)5-3-9-19-15/h2-6,9-10,12H,7-8H2,1H3,(H,20,21,22,23). The summed E-state index contributed by atoms with van der Waals surface area (Å²) in [6, 6.07) is 11.1. The predicted molar refractivity (Wildman–Crippen MR) is 88.4 cm³/mol. The van der Waals surface area contributed by atoms with Gasteiger partial charge in [0.1, 0.15) is 11.6 Å². The van der Waals surface area contributed by atoms with E-state index in [1.54, 1.807) is 18.3 Å². The predicted octanol–water partition coefficient (Wildman–Crippen LogP) is 3.46. The van der Waals surface area contributed by atoms with Crippen molar-refractivity contribution in [2.45, 2.75) is 25.7 Å². The molecule has 1 amide bonds. The normalized spacial score (nSPS) is 14.0. The Hall–Kier alpha value is -2.82. The van der Waals surface area contributed by atoms with Crippen LogP contribution in [0.4, 0.5) is 5.82 Å². The highest BCUT2D eigenvalue weighted by atomic mass is 16.1. The number of benzene rings is 1. The highest BCUT2D eigenvalue weighted by molar-refractivity contribution is 6.12. The Balaban J connectivity index is 1.67. The molecule has 0 aliphatic heterocycles. The summed E-state index contributed by atoms with van der Waals surface area (Å²) in [4.78, 5) is 25.9. The first-order valence-corrected chi connectivity index (χ1v) is 7.71. The van der Waals surface area contributed by atoms with Gasteiger partial charge in [0, 0.05) is 34.8 Å². The molecule has 0 saturated heterocycles. The van der Waals surface area contributed by atoms with Gasteiger partial charge in [0.15, 0.2) is 0 Å². The van der Waals surface area contributed by atoms with Crippen LogP contribution in [0.25, 0.3) is 10.9 Å². The molecule has 5 nitrogen and oxygen atoms in total. The largest absolute Gasteiger partial charge is 0.306 e. The molecule has 2 heterocycles. The van der Waals surface area contributed by atoms with Crippen LogP contribution in [0.1, 0.15) is 40.6 Å². The first-order valence-electron chi connectivity index (χ1n) is 7.71. The zero-order chi connectivity index (χ0) is 15.8. The van der Waals surface area contributed by atoms with Gasteiger partial charge in [-0.2, -0.15) is 0 Å². The summed E-state index contributed by atoms with van der Waals surface area (Å²) in [6.07, 6.45) is 3.98. The van der Waals surface area contributed by atoms with E-state index in [4.69, 9.17) is 0 Å². The molecule has 1 aromatic carbocycles. The molecule has 1 saturated carbocycles. The molecular weight excluding hydrogens is 288 g/mol. The molecule has 0 spiro atoms. The van der Waals surface area contributed by atoms with Crippen LogP contribution in [0, 0.1) is 6.92 Å². The van der Waals surface area contributed by atoms with Crippen molar-refractivity contribution in [2.24, 2.45) is 0 Å². The lowest BCUT2D eigenvalue weighted by Gasteiger charge is -2.09. The lowest BCUT2D eigenvalue weighted by Crippen LogP contribution is -2.14. The molecule has 1 aliphatic rings. The summed E-state index contributed by atoms with van der Waals surface area (Å²) in [5, 5.41) is 3.73. The third-order valence-corrected chi connectivity index (χ3v) is 3.95. The number of pyridine rings is 1. The lowest BCUT2D eigenvalue weighted by atomic mass is 10.1. The molecule has 0 atom stereocenters. The van der Waals surface area contributed by atoms with E-state index < -0.39 is 0 Å². The topological polar surface area (TPSA) is 67.8 Å². The number of aromatic nitrogens is 3. The molecule has 0 radical (unpaired) electrons. The quantitative estimate of drug-likeness (QED) is 0.804. The molecule has 5 heteroatoms. The van der Waals surface area contributed by atoms with Crippen LogP contribution < -0.4 is 5.32 Å². The number of hydrogen-bond acceptors (Lipinski definition) is 4. The van der Waals surface area contributed by atoms with E-state index in [2.05, 4.69) is 20.3 Å². The molecule has 3 aromatic rings. The Morgan fingerprint density at radius 3 is 2.87 bits per heavy atom.